The van der Waals surface area contributed by atoms with Crippen LogP contribution in [0.2, 0.25) is 0 Å². The maximum absolute atomic E-state index is 5.43. The summed E-state index contributed by atoms with van der Waals surface area (Å²) in [7, 11) is 0. The van der Waals surface area contributed by atoms with Crippen LogP contribution in [0.5, 0.6) is 0 Å². The molecule has 0 radical (unpaired) electrons. The van der Waals surface area contributed by atoms with E-state index in [-0.39, 0.29) is 6.04 Å². The van der Waals surface area contributed by atoms with E-state index in [1.165, 1.54) is 75.9 Å². The number of benzene rings is 7. The van der Waals surface area contributed by atoms with Crippen molar-refractivity contribution in [2.75, 3.05) is 0 Å². The molecule has 2 nitrogen and oxygen atoms in total. The second-order valence-corrected chi connectivity index (χ2v) is 15.8. The van der Waals surface area contributed by atoms with Crippen molar-refractivity contribution in [3.63, 3.8) is 0 Å². The summed E-state index contributed by atoms with van der Waals surface area (Å²) in [5.74, 6) is 1.20. The smallest absolute Gasteiger partial charge is 0.155 e. The van der Waals surface area contributed by atoms with Crippen LogP contribution in [0.4, 0.5) is 0 Å². The average molecular weight is 693 g/mol. The molecule has 0 saturated heterocycles. The van der Waals surface area contributed by atoms with Crippen LogP contribution in [0.25, 0.3) is 27.1 Å². The predicted molar refractivity (Wildman–Crippen MR) is 219 cm³/mol. The van der Waals surface area contributed by atoms with Gasteiger partial charge in [-0.2, -0.15) is 0 Å². The monoisotopic (exact) mass is 692 g/mol. The van der Waals surface area contributed by atoms with E-state index in [1.54, 1.807) is 0 Å². The molecule has 0 bridgehead atoms. The summed E-state index contributed by atoms with van der Waals surface area (Å²) in [6, 6.07) is 55.7. The Morgan fingerprint density at radius 3 is 1.94 bits per heavy atom. The van der Waals surface area contributed by atoms with Gasteiger partial charge >= 0.3 is 0 Å². The number of amidine groups is 1. The van der Waals surface area contributed by atoms with Gasteiger partial charge in [-0.15, -0.1) is 0 Å². The Balaban J connectivity index is 1.14. The molecule has 248 valence electrons. The van der Waals surface area contributed by atoms with Crippen molar-refractivity contribution in [3.8, 4) is 0 Å². The zero-order valence-corrected chi connectivity index (χ0v) is 29.6. The van der Waals surface area contributed by atoms with Crippen LogP contribution in [-0.4, -0.2) is 11.5 Å². The lowest BCUT2D eigenvalue weighted by atomic mass is 9.64. The van der Waals surface area contributed by atoms with Crippen molar-refractivity contribution < 1.29 is 0 Å². The third kappa shape index (κ3) is 4.17. The van der Waals surface area contributed by atoms with E-state index >= 15 is 0 Å². The fourth-order valence-electron chi connectivity index (χ4n) is 9.50. The van der Waals surface area contributed by atoms with Gasteiger partial charge in [0.15, 0.2) is 5.84 Å². The lowest BCUT2D eigenvalue weighted by molar-refractivity contribution is 0.703. The van der Waals surface area contributed by atoms with Crippen LogP contribution in [0, 0.1) is 5.92 Å². The van der Waals surface area contributed by atoms with E-state index in [0.717, 1.165) is 29.1 Å². The first-order chi connectivity index (χ1) is 26.3. The minimum atomic E-state index is -0.465. The van der Waals surface area contributed by atoms with Crippen molar-refractivity contribution >= 4 is 50.4 Å². The average Bonchev–Trinajstić information content (AvgIpc) is 3.97. The molecule has 0 saturated carbocycles. The number of aliphatic imine (C=N–C) groups is 2. The quantitative estimate of drug-likeness (QED) is 0.181. The van der Waals surface area contributed by atoms with Crippen LogP contribution in [0.3, 0.4) is 0 Å². The first-order valence-corrected chi connectivity index (χ1v) is 19.4. The van der Waals surface area contributed by atoms with Gasteiger partial charge in [-0.1, -0.05) is 182 Å². The van der Waals surface area contributed by atoms with Crippen LogP contribution >= 0.6 is 11.8 Å². The molecule has 2 atom stereocenters. The third-order valence-corrected chi connectivity index (χ3v) is 13.2. The van der Waals surface area contributed by atoms with E-state index in [0.29, 0.717) is 5.92 Å². The molecule has 3 heteroatoms. The normalized spacial score (nSPS) is 19.9. The summed E-state index contributed by atoms with van der Waals surface area (Å²) in [5, 5.41) is 5.20. The second kappa shape index (κ2) is 11.0. The van der Waals surface area contributed by atoms with Gasteiger partial charge < -0.3 is 0 Å². The molecule has 0 N–H and O–H groups in total. The molecule has 12 rings (SSSR count). The standard InChI is InChI=1S/C50H32N2S/c1-3-13-32(14-4-1)44-29-45(52-49(51-44)33-15-5-2-6-16-33)35-20-23-38-39-24-19-34-27-40(34)46(39)50(43(38)28-35)41-25-21-30-11-7-9-17-36(30)47(41)53-48-37-18-10-8-12-31(37)22-26-42(48)50/h1-28,34,45H,29H2/t34-,45?/m0/s1. The molecule has 5 aliphatic rings. The van der Waals surface area contributed by atoms with Gasteiger partial charge in [0.2, 0.25) is 0 Å². The molecule has 2 heterocycles. The molecule has 3 aliphatic carbocycles. The summed E-state index contributed by atoms with van der Waals surface area (Å²) < 4.78 is 0. The first kappa shape index (κ1) is 29.5. The number of allylic oxidation sites excluding steroid dienone is 6. The van der Waals surface area contributed by atoms with E-state index in [2.05, 4.69) is 170 Å². The molecule has 0 aromatic heterocycles. The lowest BCUT2D eigenvalue weighted by Gasteiger charge is -2.42. The highest BCUT2D eigenvalue weighted by Crippen LogP contribution is 2.68. The van der Waals surface area contributed by atoms with Gasteiger partial charge in [0.05, 0.1) is 17.2 Å². The molecule has 7 aromatic rings. The zero-order chi connectivity index (χ0) is 34.7. The van der Waals surface area contributed by atoms with Gasteiger partial charge in [-0.25, -0.2) is 4.99 Å². The van der Waals surface area contributed by atoms with Gasteiger partial charge in [0.25, 0.3) is 0 Å². The Bertz CT molecular complexity index is 2810. The minimum absolute atomic E-state index is 0.0774. The summed E-state index contributed by atoms with van der Waals surface area (Å²) in [5.41, 5.74) is 13.8. The fourth-order valence-corrected chi connectivity index (χ4v) is 11.0. The minimum Gasteiger partial charge on any atom is -0.258 e. The maximum atomic E-state index is 5.43. The van der Waals surface area contributed by atoms with Crippen molar-refractivity contribution in [1.29, 1.82) is 0 Å². The highest BCUT2D eigenvalue weighted by molar-refractivity contribution is 8.00. The SMILES string of the molecule is C1=C[C@H]2C=C2C2=C1c1ccc(C3CC(c4ccccc4)=NC(c4ccccc4)=N3)cc1C21c2ccc3ccccc3c2Sc2c1ccc1ccccc21. The Labute approximate surface area is 312 Å². The summed E-state index contributed by atoms with van der Waals surface area (Å²) in [6.45, 7) is 0. The largest absolute Gasteiger partial charge is 0.258 e. The van der Waals surface area contributed by atoms with Gasteiger partial charge in [0.1, 0.15) is 0 Å². The highest BCUT2D eigenvalue weighted by Gasteiger charge is 2.56. The molecule has 0 fully saturated rings. The van der Waals surface area contributed by atoms with Gasteiger partial charge in [-0.3, -0.25) is 4.99 Å². The van der Waals surface area contributed by atoms with Crippen molar-refractivity contribution in [3.05, 3.63) is 220 Å². The summed E-state index contributed by atoms with van der Waals surface area (Å²) in [4.78, 5) is 13.3. The Hall–Kier alpha value is -6.03. The number of fused-ring (bicyclic) bond motifs is 14. The zero-order valence-electron chi connectivity index (χ0n) is 28.8. The van der Waals surface area contributed by atoms with Crippen LogP contribution in [0.15, 0.2) is 201 Å². The maximum Gasteiger partial charge on any atom is 0.155 e. The van der Waals surface area contributed by atoms with Crippen LogP contribution in [-0.2, 0) is 5.41 Å². The van der Waals surface area contributed by atoms with Gasteiger partial charge in [-0.05, 0) is 71.6 Å². The molecule has 2 aliphatic heterocycles. The van der Waals surface area contributed by atoms with Crippen LogP contribution in [0.1, 0.15) is 51.4 Å². The van der Waals surface area contributed by atoms with Crippen molar-refractivity contribution in [1.82, 2.24) is 0 Å². The fraction of sp³-hybridized carbons (Fsp3) is 0.0800. The molecule has 1 spiro atoms. The molecule has 53 heavy (non-hydrogen) atoms. The third-order valence-electron chi connectivity index (χ3n) is 12.0. The second-order valence-electron chi connectivity index (χ2n) is 14.7. The predicted octanol–water partition coefficient (Wildman–Crippen LogP) is 12.1. The number of hydrogen-bond acceptors (Lipinski definition) is 3. The molecule has 7 aromatic carbocycles. The summed E-state index contributed by atoms with van der Waals surface area (Å²) in [6.07, 6.45) is 8.02. The topological polar surface area (TPSA) is 24.7 Å². The van der Waals surface area contributed by atoms with E-state index < -0.39 is 5.41 Å². The number of hydrogen-bond donors (Lipinski definition) is 0. The highest BCUT2D eigenvalue weighted by atomic mass is 32.2. The molecule has 1 unspecified atom stereocenters. The first-order valence-electron chi connectivity index (χ1n) is 18.5. The van der Waals surface area contributed by atoms with E-state index in [1.807, 2.05) is 11.8 Å². The van der Waals surface area contributed by atoms with E-state index in [9.17, 15) is 0 Å². The molecular weight excluding hydrogens is 661 g/mol. The molecule has 0 amide bonds. The Kier molecular flexibility index (Phi) is 6.13. The summed E-state index contributed by atoms with van der Waals surface area (Å²) >= 11 is 1.96. The Morgan fingerprint density at radius 2 is 1.25 bits per heavy atom. The van der Waals surface area contributed by atoms with Crippen molar-refractivity contribution in [2.24, 2.45) is 15.9 Å². The van der Waals surface area contributed by atoms with Gasteiger partial charge in [0, 0.05) is 27.7 Å². The number of nitrogens with zero attached hydrogens (tertiary/aromatic N) is 2. The lowest BCUT2D eigenvalue weighted by Crippen LogP contribution is -2.34. The Morgan fingerprint density at radius 1 is 0.604 bits per heavy atom. The number of rotatable bonds is 3. The van der Waals surface area contributed by atoms with Crippen LogP contribution < -0.4 is 0 Å². The molecular formula is C50H32N2S. The van der Waals surface area contributed by atoms with E-state index in [4.69, 9.17) is 9.98 Å². The van der Waals surface area contributed by atoms with Crippen molar-refractivity contribution in [2.45, 2.75) is 27.7 Å².